The van der Waals surface area contributed by atoms with Crippen LogP contribution in [0.15, 0.2) is 22.7 Å². The average molecular weight is 198 g/mol. The molecule has 13 heavy (non-hydrogen) atoms. The Hall–Kier alpha value is -1.29. The first-order chi connectivity index (χ1) is 6.31. The third-order valence-corrected chi connectivity index (χ3v) is 1.97. The minimum atomic E-state index is 0.247. The molecule has 4 nitrogen and oxygen atoms in total. The van der Waals surface area contributed by atoms with Gasteiger partial charge < -0.3 is 8.98 Å². The van der Waals surface area contributed by atoms with Crippen LogP contribution in [0.5, 0.6) is 0 Å². The number of hydrogen-bond acceptors (Lipinski definition) is 3. The lowest BCUT2D eigenvalue weighted by Gasteiger charge is -1.95. The summed E-state index contributed by atoms with van der Waals surface area (Å²) in [4.78, 5) is 0. The van der Waals surface area contributed by atoms with Crippen molar-refractivity contribution in [3.8, 4) is 11.6 Å². The zero-order chi connectivity index (χ0) is 9.26. The summed E-state index contributed by atoms with van der Waals surface area (Å²) in [6, 6.07) is 3.82. The van der Waals surface area contributed by atoms with Crippen molar-refractivity contribution in [1.82, 2.24) is 14.8 Å². The smallest absolute Gasteiger partial charge is 0.264 e. The molecule has 0 spiro atoms. The number of alkyl halides is 1. The second-order valence-electron chi connectivity index (χ2n) is 2.64. The normalized spacial score (nSPS) is 10.6. The molecule has 0 aliphatic rings. The van der Waals surface area contributed by atoms with Crippen molar-refractivity contribution in [2.45, 2.75) is 5.88 Å². The molecule has 0 saturated carbocycles. The topological polar surface area (TPSA) is 43.9 Å². The van der Waals surface area contributed by atoms with E-state index in [1.54, 1.807) is 0 Å². The zero-order valence-electron chi connectivity index (χ0n) is 7.07. The van der Waals surface area contributed by atoms with E-state index >= 15 is 0 Å². The van der Waals surface area contributed by atoms with Crippen LogP contribution < -0.4 is 0 Å². The van der Waals surface area contributed by atoms with E-state index in [0.717, 1.165) is 5.69 Å². The third kappa shape index (κ3) is 1.45. The van der Waals surface area contributed by atoms with Crippen LogP contribution in [0, 0.1) is 0 Å². The first-order valence-electron chi connectivity index (χ1n) is 3.81. The molecule has 2 heterocycles. The van der Waals surface area contributed by atoms with Crippen LogP contribution >= 0.6 is 11.6 Å². The van der Waals surface area contributed by atoms with Gasteiger partial charge in [-0.05, 0) is 12.1 Å². The van der Waals surface area contributed by atoms with Crippen LogP contribution in [0.2, 0.25) is 0 Å². The van der Waals surface area contributed by atoms with Crippen molar-refractivity contribution >= 4 is 11.6 Å². The Morgan fingerprint density at radius 1 is 1.54 bits per heavy atom. The molecule has 2 rings (SSSR count). The minimum Gasteiger partial charge on any atom is -0.418 e. The van der Waals surface area contributed by atoms with Gasteiger partial charge in [0.15, 0.2) is 0 Å². The molecule has 2 aromatic heterocycles. The van der Waals surface area contributed by atoms with Crippen molar-refractivity contribution in [1.29, 1.82) is 0 Å². The van der Waals surface area contributed by atoms with Gasteiger partial charge in [-0.2, -0.15) is 0 Å². The zero-order valence-corrected chi connectivity index (χ0v) is 7.82. The van der Waals surface area contributed by atoms with Gasteiger partial charge in [0.25, 0.3) is 5.89 Å². The molecule has 0 aliphatic carbocycles. The Kier molecular flexibility index (Phi) is 2.06. The maximum absolute atomic E-state index is 5.54. The molecule has 0 bridgehead atoms. The van der Waals surface area contributed by atoms with Crippen LogP contribution in [0.3, 0.4) is 0 Å². The highest BCUT2D eigenvalue weighted by Crippen LogP contribution is 2.17. The predicted octanol–water partition coefficient (Wildman–Crippen LogP) is 1.81. The van der Waals surface area contributed by atoms with E-state index in [9.17, 15) is 0 Å². The monoisotopic (exact) mass is 197 g/mol. The standard InChI is InChI=1S/C8H8ClN3O/c1-12-4-2-3-6(12)8-11-10-7(5-9)13-8/h2-4H,5H2,1H3. The van der Waals surface area contributed by atoms with Gasteiger partial charge in [0.1, 0.15) is 11.6 Å². The van der Waals surface area contributed by atoms with Crippen LogP contribution in [0.4, 0.5) is 0 Å². The van der Waals surface area contributed by atoms with E-state index in [0.29, 0.717) is 11.8 Å². The molecule has 0 N–H and O–H groups in total. The summed E-state index contributed by atoms with van der Waals surface area (Å²) < 4.78 is 7.19. The van der Waals surface area contributed by atoms with Gasteiger partial charge in [-0.1, -0.05) is 0 Å². The molecule has 0 fully saturated rings. The van der Waals surface area contributed by atoms with E-state index in [2.05, 4.69) is 10.2 Å². The van der Waals surface area contributed by atoms with Gasteiger partial charge in [0.2, 0.25) is 5.89 Å². The molecular formula is C8H8ClN3O. The highest BCUT2D eigenvalue weighted by molar-refractivity contribution is 6.16. The van der Waals surface area contributed by atoms with Crippen LogP contribution in [-0.4, -0.2) is 14.8 Å². The van der Waals surface area contributed by atoms with Crippen LogP contribution in [0.25, 0.3) is 11.6 Å². The number of halogens is 1. The Labute approximate surface area is 80.1 Å². The second kappa shape index (κ2) is 3.22. The van der Waals surface area contributed by atoms with Gasteiger partial charge >= 0.3 is 0 Å². The second-order valence-corrected chi connectivity index (χ2v) is 2.91. The average Bonchev–Trinajstić information content (AvgIpc) is 2.71. The Morgan fingerprint density at radius 3 is 2.92 bits per heavy atom. The Morgan fingerprint density at radius 2 is 2.38 bits per heavy atom. The molecular weight excluding hydrogens is 190 g/mol. The predicted molar refractivity (Wildman–Crippen MR) is 48.3 cm³/mol. The molecule has 0 aromatic carbocycles. The van der Waals surface area contributed by atoms with Gasteiger partial charge in [0, 0.05) is 13.2 Å². The quantitative estimate of drug-likeness (QED) is 0.690. The number of aromatic nitrogens is 3. The van der Waals surface area contributed by atoms with Crippen molar-refractivity contribution in [2.75, 3.05) is 0 Å². The molecule has 0 amide bonds. The first kappa shape index (κ1) is 8.31. The molecule has 68 valence electrons. The summed E-state index contributed by atoms with van der Waals surface area (Å²) in [6.45, 7) is 0. The highest BCUT2D eigenvalue weighted by Gasteiger charge is 2.09. The molecule has 0 saturated heterocycles. The van der Waals surface area contributed by atoms with Gasteiger partial charge in [0.05, 0.1) is 0 Å². The van der Waals surface area contributed by atoms with Crippen LogP contribution in [-0.2, 0) is 12.9 Å². The SMILES string of the molecule is Cn1cccc1-c1nnc(CCl)o1. The summed E-state index contributed by atoms with van der Waals surface area (Å²) in [5, 5.41) is 7.64. The molecule has 2 aromatic rings. The molecule has 0 atom stereocenters. The van der Waals surface area contributed by atoms with Crippen molar-refractivity contribution in [2.24, 2.45) is 7.05 Å². The fourth-order valence-corrected chi connectivity index (χ4v) is 1.20. The highest BCUT2D eigenvalue weighted by atomic mass is 35.5. The lowest BCUT2D eigenvalue weighted by molar-refractivity contribution is 0.523. The largest absolute Gasteiger partial charge is 0.418 e. The number of aryl methyl sites for hydroxylation is 1. The minimum absolute atomic E-state index is 0.247. The van der Waals surface area contributed by atoms with E-state index in [4.69, 9.17) is 16.0 Å². The maximum Gasteiger partial charge on any atom is 0.264 e. The third-order valence-electron chi connectivity index (χ3n) is 1.74. The molecule has 0 unspecified atom stereocenters. The lowest BCUT2D eigenvalue weighted by atomic mass is 10.4. The summed E-state index contributed by atoms with van der Waals surface area (Å²) in [5.74, 6) is 1.19. The summed E-state index contributed by atoms with van der Waals surface area (Å²) in [6.07, 6.45) is 1.92. The van der Waals surface area contributed by atoms with Crippen LogP contribution in [0.1, 0.15) is 5.89 Å². The van der Waals surface area contributed by atoms with Crippen molar-refractivity contribution < 1.29 is 4.42 Å². The fourth-order valence-electron chi connectivity index (χ4n) is 1.09. The molecule has 5 heteroatoms. The first-order valence-corrected chi connectivity index (χ1v) is 4.35. The number of nitrogens with zero attached hydrogens (tertiary/aromatic N) is 3. The molecule has 0 radical (unpaired) electrons. The maximum atomic E-state index is 5.54. The van der Waals surface area contributed by atoms with Gasteiger partial charge in [-0.3, -0.25) is 0 Å². The summed E-state index contributed by atoms with van der Waals surface area (Å²) >= 11 is 5.54. The summed E-state index contributed by atoms with van der Waals surface area (Å²) in [7, 11) is 1.92. The number of hydrogen-bond donors (Lipinski definition) is 0. The lowest BCUT2D eigenvalue weighted by Crippen LogP contribution is -1.88. The van der Waals surface area contributed by atoms with E-state index in [1.807, 2.05) is 29.9 Å². The van der Waals surface area contributed by atoms with Gasteiger partial charge in [-0.15, -0.1) is 21.8 Å². The molecule has 0 aliphatic heterocycles. The van der Waals surface area contributed by atoms with E-state index < -0.39 is 0 Å². The Balaban J connectivity index is 2.41. The van der Waals surface area contributed by atoms with Crippen molar-refractivity contribution in [3.05, 3.63) is 24.2 Å². The summed E-state index contributed by atoms with van der Waals surface area (Å²) in [5.41, 5.74) is 0.892. The fraction of sp³-hybridized carbons (Fsp3) is 0.250. The number of rotatable bonds is 2. The van der Waals surface area contributed by atoms with Crippen molar-refractivity contribution in [3.63, 3.8) is 0 Å². The Bertz CT molecular complexity index is 407. The van der Waals surface area contributed by atoms with Gasteiger partial charge in [-0.25, -0.2) is 0 Å². The van der Waals surface area contributed by atoms with E-state index in [-0.39, 0.29) is 5.88 Å². The van der Waals surface area contributed by atoms with E-state index in [1.165, 1.54) is 0 Å².